The van der Waals surface area contributed by atoms with Gasteiger partial charge in [-0.25, -0.2) is 0 Å². The molecule has 204 valence electrons. The van der Waals surface area contributed by atoms with E-state index in [0.717, 1.165) is 72.3 Å². The Morgan fingerprint density at radius 3 is 2.47 bits per heavy atom. The van der Waals surface area contributed by atoms with Crippen molar-refractivity contribution in [3.05, 3.63) is 23.4 Å². The first-order chi connectivity index (χ1) is 16.6. The summed E-state index contributed by atoms with van der Waals surface area (Å²) in [6.45, 7) is 5.03. The zero-order valence-electron chi connectivity index (χ0n) is 22.0. The summed E-state index contributed by atoms with van der Waals surface area (Å²) in [5.74, 6) is 2.92. The van der Waals surface area contributed by atoms with Gasteiger partial charge in [0, 0.05) is 18.5 Å². The van der Waals surface area contributed by atoms with Crippen molar-refractivity contribution in [2.45, 2.75) is 76.9 Å². The van der Waals surface area contributed by atoms with Crippen molar-refractivity contribution in [3.63, 3.8) is 0 Å². The average Bonchev–Trinajstić information content (AvgIpc) is 3.57. The van der Waals surface area contributed by atoms with E-state index in [1.807, 2.05) is 0 Å². The van der Waals surface area contributed by atoms with Crippen molar-refractivity contribution in [2.75, 3.05) is 40.3 Å². The molecule has 0 unspecified atom stereocenters. The third kappa shape index (κ3) is 7.50. The topological polar surface area (TPSA) is 62.0 Å². The number of ether oxygens (including phenoxy) is 1. The highest BCUT2D eigenvalue weighted by molar-refractivity contribution is 5.86. The van der Waals surface area contributed by atoms with Crippen LogP contribution in [-0.4, -0.2) is 66.5 Å². The molecule has 8 heteroatoms. The third-order valence-electron chi connectivity index (χ3n) is 8.28. The lowest BCUT2D eigenvalue weighted by Gasteiger charge is -2.37. The lowest BCUT2D eigenvalue weighted by atomic mass is 9.85. The fraction of sp³-hybridized carbons (Fsp3) is 0.750. The van der Waals surface area contributed by atoms with Crippen LogP contribution in [0.3, 0.4) is 0 Å². The molecule has 6 nitrogen and oxygen atoms in total. The van der Waals surface area contributed by atoms with E-state index in [4.69, 9.17) is 9.26 Å². The van der Waals surface area contributed by atoms with E-state index in [2.05, 4.69) is 41.2 Å². The van der Waals surface area contributed by atoms with Gasteiger partial charge in [-0.1, -0.05) is 18.0 Å². The van der Waals surface area contributed by atoms with Crippen molar-refractivity contribution in [1.29, 1.82) is 0 Å². The molecular weight excluding hydrogens is 497 g/mol. The van der Waals surface area contributed by atoms with Crippen LogP contribution in [0.4, 0.5) is 0 Å². The number of nitrogens with zero attached hydrogens (tertiary/aromatic N) is 3. The highest BCUT2D eigenvalue weighted by atomic mass is 35.5. The Kier molecular flexibility index (Phi) is 11.2. The molecule has 3 aliphatic rings. The monoisotopic (exact) mass is 541 g/mol. The second-order valence-electron chi connectivity index (χ2n) is 11.4. The molecule has 1 aromatic carbocycles. The Morgan fingerprint density at radius 2 is 1.78 bits per heavy atom. The Labute approximate surface area is 228 Å². The zero-order valence-corrected chi connectivity index (χ0v) is 23.6. The molecule has 1 N–H and O–H groups in total. The number of hydrogen-bond donors (Lipinski definition) is 1. The molecule has 1 saturated heterocycles. The number of rotatable bonds is 10. The number of likely N-dealkylation sites (tertiary alicyclic amines) is 1. The van der Waals surface area contributed by atoms with Crippen molar-refractivity contribution < 1.29 is 14.4 Å². The number of fused-ring (bicyclic) bond motifs is 1. The van der Waals surface area contributed by atoms with Gasteiger partial charge in [0.15, 0.2) is 5.58 Å². The van der Waals surface area contributed by atoms with Crippen LogP contribution in [0.1, 0.15) is 69.0 Å². The van der Waals surface area contributed by atoms with Crippen LogP contribution in [0, 0.1) is 17.8 Å². The highest BCUT2D eigenvalue weighted by Crippen LogP contribution is 2.35. The van der Waals surface area contributed by atoms with Gasteiger partial charge in [0.1, 0.15) is 5.75 Å². The van der Waals surface area contributed by atoms with E-state index in [1.54, 1.807) is 0 Å². The van der Waals surface area contributed by atoms with E-state index in [9.17, 15) is 5.11 Å². The van der Waals surface area contributed by atoms with Gasteiger partial charge in [-0.15, -0.1) is 24.8 Å². The third-order valence-corrected chi connectivity index (χ3v) is 8.28. The predicted octanol–water partition coefficient (Wildman–Crippen LogP) is 5.72. The summed E-state index contributed by atoms with van der Waals surface area (Å²) in [6, 6.07) is 4.28. The number of aliphatic hydroxyl groups excluding tert-OH is 1. The molecule has 3 fully saturated rings. The first-order valence-corrected chi connectivity index (χ1v) is 13.6. The number of hydrogen-bond acceptors (Lipinski definition) is 6. The SMILES string of the molecule is CN(C)Cc1c(OCC2CC2)ccc2c(CCC3CCN(C[C@@H]4CCCC[C@H]4O)CC3)noc12.Cl.Cl. The fourth-order valence-corrected chi connectivity index (χ4v) is 5.90. The maximum absolute atomic E-state index is 10.3. The second kappa shape index (κ2) is 13.7. The molecule has 5 rings (SSSR count). The number of aromatic nitrogens is 1. The fourth-order valence-electron chi connectivity index (χ4n) is 5.90. The molecule has 0 radical (unpaired) electrons. The lowest BCUT2D eigenvalue weighted by molar-refractivity contribution is 0.0380. The summed E-state index contributed by atoms with van der Waals surface area (Å²) in [4.78, 5) is 4.76. The maximum Gasteiger partial charge on any atom is 0.175 e. The lowest BCUT2D eigenvalue weighted by Crippen LogP contribution is -2.41. The number of aryl methyl sites for hydroxylation is 1. The minimum absolute atomic E-state index is 0. The van der Waals surface area contributed by atoms with E-state index in [-0.39, 0.29) is 30.9 Å². The molecule has 2 atom stereocenters. The summed E-state index contributed by atoms with van der Waals surface area (Å²) in [7, 11) is 4.17. The molecule has 2 heterocycles. The van der Waals surface area contributed by atoms with Crippen LogP contribution in [0.15, 0.2) is 16.7 Å². The van der Waals surface area contributed by atoms with Crippen LogP contribution in [0.25, 0.3) is 11.0 Å². The average molecular weight is 543 g/mol. The van der Waals surface area contributed by atoms with E-state index in [0.29, 0.717) is 5.92 Å². The second-order valence-corrected chi connectivity index (χ2v) is 11.4. The quantitative estimate of drug-likeness (QED) is 0.415. The maximum atomic E-state index is 10.3. The van der Waals surface area contributed by atoms with Gasteiger partial charge < -0.3 is 24.2 Å². The van der Waals surface area contributed by atoms with E-state index in [1.165, 1.54) is 64.5 Å². The van der Waals surface area contributed by atoms with Crippen LogP contribution >= 0.6 is 24.8 Å². The Balaban J connectivity index is 0.00000180. The van der Waals surface area contributed by atoms with Crippen LogP contribution in [-0.2, 0) is 13.0 Å². The Hall–Kier alpha value is -1.05. The Bertz CT molecular complexity index is 942. The van der Waals surface area contributed by atoms with Gasteiger partial charge in [0.25, 0.3) is 0 Å². The molecule has 2 saturated carbocycles. The molecule has 2 aliphatic carbocycles. The standard InChI is InChI=1S/C28H43N3O3.2ClH/c1-30(2)18-24-27(33-19-21-7-8-21)12-10-23-25(29-34-28(23)24)11-9-20-13-15-31(16-14-20)17-22-5-3-4-6-26(22)32;;/h10,12,20-22,26,32H,3-9,11,13-19H2,1-2H3;2*1H/t22-,26+;;/m0../s1. The Morgan fingerprint density at radius 1 is 1.03 bits per heavy atom. The first-order valence-electron chi connectivity index (χ1n) is 13.6. The van der Waals surface area contributed by atoms with Crippen LogP contribution in [0.5, 0.6) is 5.75 Å². The summed E-state index contributed by atoms with van der Waals surface area (Å²) >= 11 is 0. The predicted molar refractivity (Wildman–Crippen MR) is 150 cm³/mol. The van der Waals surface area contributed by atoms with Gasteiger partial charge in [-0.3, -0.25) is 0 Å². The number of piperidine rings is 1. The van der Waals surface area contributed by atoms with Gasteiger partial charge in [0.05, 0.1) is 24.0 Å². The van der Waals surface area contributed by atoms with Crippen molar-refractivity contribution in [3.8, 4) is 5.75 Å². The van der Waals surface area contributed by atoms with Crippen LogP contribution in [0.2, 0.25) is 0 Å². The van der Waals surface area contributed by atoms with Crippen LogP contribution < -0.4 is 4.74 Å². The largest absolute Gasteiger partial charge is 0.493 e. The number of benzene rings is 1. The normalized spacial score (nSPS) is 23.4. The van der Waals surface area contributed by atoms with Gasteiger partial charge in [-0.05, 0) is 108 Å². The zero-order chi connectivity index (χ0) is 23.5. The molecule has 36 heavy (non-hydrogen) atoms. The summed E-state index contributed by atoms with van der Waals surface area (Å²) < 4.78 is 12.1. The van der Waals surface area contributed by atoms with Gasteiger partial charge in [0.2, 0.25) is 0 Å². The molecule has 1 aliphatic heterocycles. The first kappa shape index (κ1) is 29.5. The number of halogens is 2. The smallest absolute Gasteiger partial charge is 0.175 e. The molecule has 0 bridgehead atoms. The van der Waals surface area contributed by atoms with Crippen molar-refractivity contribution in [2.24, 2.45) is 17.8 Å². The molecular formula is C28H45Cl2N3O3. The minimum atomic E-state index is -0.0797. The summed E-state index contributed by atoms with van der Waals surface area (Å²) in [5, 5.41) is 16.0. The van der Waals surface area contributed by atoms with E-state index < -0.39 is 0 Å². The molecule has 2 aromatic rings. The van der Waals surface area contributed by atoms with Gasteiger partial charge >= 0.3 is 0 Å². The number of aliphatic hydroxyl groups is 1. The molecule has 0 amide bonds. The van der Waals surface area contributed by atoms with Crippen molar-refractivity contribution >= 4 is 35.8 Å². The van der Waals surface area contributed by atoms with Gasteiger partial charge in [-0.2, -0.15) is 0 Å². The minimum Gasteiger partial charge on any atom is -0.493 e. The molecule has 1 aromatic heterocycles. The van der Waals surface area contributed by atoms with E-state index >= 15 is 0 Å². The summed E-state index contributed by atoms with van der Waals surface area (Å²) in [5.41, 5.74) is 3.12. The summed E-state index contributed by atoms with van der Waals surface area (Å²) in [6.07, 6.45) is 11.8. The van der Waals surface area contributed by atoms with Crippen molar-refractivity contribution in [1.82, 2.24) is 15.0 Å². The highest BCUT2D eigenvalue weighted by Gasteiger charge is 2.28. The molecule has 0 spiro atoms.